The lowest BCUT2D eigenvalue weighted by Crippen LogP contribution is -2.57. The molecule has 1 saturated carbocycles. The second-order valence-electron chi connectivity index (χ2n) is 8.61. The Morgan fingerprint density at radius 3 is 2.25 bits per heavy atom. The molecule has 2 aromatic rings. The molecule has 0 spiro atoms. The largest absolute Gasteiger partial charge is 0.367 e. The van der Waals surface area contributed by atoms with Crippen molar-refractivity contribution in [3.8, 4) is 0 Å². The quantitative estimate of drug-likeness (QED) is 0.709. The molecule has 2 bridgehead atoms. The fraction of sp³-hybridized carbons (Fsp3) is 0.565. The van der Waals surface area contributed by atoms with Crippen LogP contribution in [0.2, 0.25) is 0 Å². The van der Waals surface area contributed by atoms with Gasteiger partial charge in [0.1, 0.15) is 5.03 Å². The molecule has 3 fully saturated rings. The third-order valence-corrected chi connectivity index (χ3v) is 7.74. The number of aromatic nitrogens is 2. The Bertz CT molecular complexity index is 776. The van der Waals surface area contributed by atoms with Gasteiger partial charge in [0.25, 0.3) is 0 Å². The van der Waals surface area contributed by atoms with Crippen molar-refractivity contribution in [1.29, 1.82) is 0 Å². The van der Waals surface area contributed by atoms with Crippen LogP contribution in [0.1, 0.15) is 50.0 Å². The molecule has 0 radical (unpaired) electrons. The van der Waals surface area contributed by atoms with Crippen LogP contribution >= 0.6 is 11.8 Å². The van der Waals surface area contributed by atoms with Gasteiger partial charge in [-0.05, 0) is 62.3 Å². The van der Waals surface area contributed by atoms with E-state index >= 15 is 0 Å². The summed E-state index contributed by atoms with van der Waals surface area (Å²) in [5, 5.41) is 9.44. The second kappa shape index (κ2) is 8.03. The van der Waals surface area contributed by atoms with Crippen LogP contribution in [0.15, 0.2) is 47.6 Å². The molecule has 2 saturated heterocycles. The molecule has 148 valence electrons. The number of hydrogen-bond donors (Lipinski definition) is 0. The zero-order valence-electron chi connectivity index (χ0n) is 16.7. The van der Waals surface area contributed by atoms with Crippen LogP contribution in [0.25, 0.3) is 0 Å². The highest BCUT2D eigenvalue weighted by atomic mass is 32.2. The first-order valence-corrected chi connectivity index (χ1v) is 12.0. The molecule has 1 aromatic heterocycles. The summed E-state index contributed by atoms with van der Waals surface area (Å²) in [5.74, 6) is 0.768. The first kappa shape index (κ1) is 18.4. The van der Waals surface area contributed by atoms with Crippen molar-refractivity contribution in [3.05, 3.63) is 48.2 Å². The fourth-order valence-electron chi connectivity index (χ4n) is 5.79. The Labute approximate surface area is 172 Å². The summed E-state index contributed by atoms with van der Waals surface area (Å²) < 4.78 is 0. The van der Waals surface area contributed by atoms with Crippen molar-refractivity contribution in [2.45, 2.75) is 67.6 Å². The van der Waals surface area contributed by atoms with E-state index in [9.17, 15) is 0 Å². The van der Waals surface area contributed by atoms with Crippen molar-refractivity contribution < 1.29 is 0 Å². The summed E-state index contributed by atoms with van der Waals surface area (Å²) in [7, 11) is 0. The number of fused-ring (bicyclic) bond motifs is 2. The molecule has 0 N–H and O–H groups in total. The van der Waals surface area contributed by atoms with E-state index in [1.165, 1.54) is 44.2 Å². The maximum Gasteiger partial charge on any atom is 0.121 e. The van der Waals surface area contributed by atoms with Gasteiger partial charge in [-0.15, -0.1) is 16.9 Å². The predicted molar refractivity (Wildman–Crippen MR) is 116 cm³/mol. The third kappa shape index (κ3) is 3.55. The van der Waals surface area contributed by atoms with Crippen LogP contribution in [0, 0.1) is 0 Å². The van der Waals surface area contributed by atoms with Gasteiger partial charge in [0.2, 0.25) is 0 Å². The lowest BCUT2D eigenvalue weighted by atomic mass is 9.80. The van der Waals surface area contributed by atoms with Gasteiger partial charge in [-0.1, -0.05) is 30.3 Å². The van der Waals surface area contributed by atoms with Crippen LogP contribution in [0.4, 0.5) is 5.69 Å². The molecule has 28 heavy (non-hydrogen) atoms. The molecule has 4 nitrogen and oxygen atoms in total. The minimum Gasteiger partial charge on any atom is -0.367 e. The number of rotatable bonds is 4. The van der Waals surface area contributed by atoms with Crippen molar-refractivity contribution in [3.63, 3.8) is 0 Å². The number of benzene rings is 1. The first-order valence-electron chi connectivity index (χ1n) is 10.8. The molecular weight excluding hydrogens is 364 g/mol. The van der Waals surface area contributed by atoms with E-state index in [-0.39, 0.29) is 0 Å². The lowest BCUT2D eigenvalue weighted by Gasteiger charge is -2.47. The average molecular weight is 395 g/mol. The number of anilines is 1. The maximum atomic E-state index is 4.22. The summed E-state index contributed by atoms with van der Waals surface area (Å²) in [5.41, 5.74) is 2.80. The smallest absolute Gasteiger partial charge is 0.121 e. The molecule has 0 amide bonds. The standard InChI is InChI=1S/C23H30N4S/c1-28-23-13-22(14-24-25-23)26-15-20-11-12-21(16-26)27(20)19-9-7-18(8-10-19)17-5-3-2-4-6-17/h2-6,13-14,18-21H,7-12,15-16H2,1H3. The van der Waals surface area contributed by atoms with Gasteiger partial charge in [0.05, 0.1) is 11.9 Å². The van der Waals surface area contributed by atoms with Gasteiger partial charge in [-0.25, -0.2) is 0 Å². The van der Waals surface area contributed by atoms with Gasteiger partial charge >= 0.3 is 0 Å². The Balaban J connectivity index is 1.24. The van der Waals surface area contributed by atoms with Gasteiger partial charge in [0.15, 0.2) is 0 Å². The van der Waals surface area contributed by atoms with E-state index in [2.05, 4.69) is 62.7 Å². The Morgan fingerprint density at radius 1 is 0.893 bits per heavy atom. The highest BCUT2D eigenvalue weighted by molar-refractivity contribution is 7.98. The topological polar surface area (TPSA) is 32.3 Å². The van der Waals surface area contributed by atoms with Crippen LogP contribution in [0.3, 0.4) is 0 Å². The molecule has 2 atom stereocenters. The predicted octanol–water partition coefficient (Wildman–Crippen LogP) is 4.58. The minimum atomic E-state index is 0.711. The third-order valence-electron chi connectivity index (χ3n) is 7.12. The Hall–Kier alpha value is -1.59. The van der Waals surface area contributed by atoms with E-state index in [1.807, 2.05) is 6.20 Å². The van der Waals surface area contributed by atoms with Gasteiger partial charge in [-0.2, -0.15) is 5.10 Å². The van der Waals surface area contributed by atoms with Gasteiger partial charge < -0.3 is 4.90 Å². The summed E-state index contributed by atoms with van der Waals surface area (Å²) in [6.45, 7) is 2.29. The number of piperazine rings is 1. The molecule has 2 unspecified atom stereocenters. The molecule has 1 aliphatic carbocycles. The van der Waals surface area contributed by atoms with E-state index < -0.39 is 0 Å². The van der Waals surface area contributed by atoms with Crippen LogP contribution in [-0.2, 0) is 0 Å². The number of hydrogen-bond acceptors (Lipinski definition) is 5. The molecule has 1 aromatic carbocycles. The van der Waals surface area contributed by atoms with Crippen LogP contribution < -0.4 is 4.90 Å². The van der Waals surface area contributed by atoms with Crippen LogP contribution in [-0.4, -0.2) is 52.6 Å². The Morgan fingerprint density at radius 2 is 1.57 bits per heavy atom. The zero-order chi connectivity index (χ0) is 18.9. The average Bonchev–Trinajstić information content (AvgIpc) is 3.03. The monoisotopic (exact) mass is 394 g/mol. The lowest BCUT2D eigenvalue weighted by molar-refractivity contribution is 0.0811. The molecular formula is C23H30N4S. The van der Waals surface area contributed by atoms with E-state index in [0.29, 0.717) is 12.1 Å². The number of nitrogens with zero attached hydrogens (tertiary/aromatic N) is 4. The molecule has 3 heterocycles. The zero-order valence-corrected chi connectivity index (χ0v) is 17.5. The molecule has 2 aliphatic heterocycles. The first-order chi connectivity index (χ1) is 13.8. The Kier molecular flexibility index (Phi) is 5.29. The SMILES string of the molecule is CSc1cc(N2CC3CCC(C2)N3C2CCC(c3ccccc3)CC2)cnn1. The summed E-state index contributed by atoms with van der Waals surface area (Å²) >= 11 is 1.68. The van der Waals surface area contributed by atoms with Crippen molar-refractivity contribution in [2.24, 2.45) is 0 Å². The van der Waals surface area contributed by atoms with Crippen LogP contribution in [0.5, 0.6) is 0 Å². The van der Waals surface area contributed by atoms with Crippen molar-refractivity contribution in [2.75, 3.05) is 24.2 Å². The highest BCUT2D eigenvalue weighted by Crippen LogP contribution is 2.41. The fourth-order valence-corrected chi connectivity index (χ4v) is 6.15. The highest BCUT2D eigenvalue weighted by Gasteiger charge is 2.44. The molecule has 5 rings (SSSR count). The normalized spacial score (nSPS) is 30.5. The molecule has 5 heteroatoms. The van der Waals surface area contributed by atoms with Crippen molar-refractivity contribution >= 4 is 17.4 Å². The van der Waals surface area contributed by atoms with E-state index in [1.54, 1.807) is 17.3 Å². The second-order valence-corrected chi connectivity index (χ2v) is 9.44. The summed E-state index contributed by atoms with van der Waals surface area (Å²) in [4.78, 5) is 5.48. The maximum absolute atomic E-state index is 4.22. The summed E-state index contributed by atoms with van der Waals surface area (Å²) in [6, 6.07) is 15.6. The van der Waals surface area contributed by atoms with Gasteiger partial charge in [0, 0.05) is 31.2 Å². The summed E-state index contributed by atoms with van der Waals surface area (Å²) in [6.07, 6.45) is 12.1. The minimum absolute atomic E-state index is 0.711. The number of thioether (sulfide) groups is 1. The van der Waals surface area contributed by atoms with Gasteiger partial charge in [-0.3, -0.25) is 4.90 Å². The molecule has 3 aliphatic rings. The van der Waals surface area contributed by atoms with E-state index in [0.717, 1.165) is 30.1 Å². The van der Waals surface area contributed by atoms with Crippen molar-refractivity contribution in [1.82, 2.24) is 15.1 Å². The van der Waals surface area contributed by atoms with E-state index in [4.69, 9.17) is 0 Å².